The third kappa shape index (κ3) is 3.94. The number of nitrogens with one attached hydrogen (secondary N) is 1. The Morgan fingerprint density at radius 2 is 1.86 bits per heavy atom. The summed E-state index contributed by atoms with van der Waals surface area (Å²) >= 11 is 1.37. The predicted molar refractivity (Wildman–Crippen MR) is 117 cm³/mol. The lowest BCUT2D eigenvalue weighted by Gasteiger charge is -2.04. The van der Waals surface area contributed by atoms with Gasteiger partial charge in [-0.05, 0) is 72.6 Å². The number of carbonyl (C=O) groups is 1. The molecule has 140 valence electrons. The standard InChI is InChI=1S/C23H21N3OS/c1-3-17-9-11-19(12-10-17)24-23-25-22(27)21(28-23)14-18-13-16(2)26(15-18)20-7-5-4-6-8-20/h4-15H,3H2,1-2H3,(H,24,25,27)/b21-14+. The number of hydrogen-bond acceptors (Lipinski definition) is 3. The van der Waals surface area contributed by atoms with E-state index >= 15 is 0 Å². The second-order valence-electron chi connectivity index (χ2n) is 6.62. The second kappa shape index (κ2) is 7.90. The summed E-state index contributed by atoms with van der Waals surface area (Å²) in [6, 6.07) is 20.3. The van der Waals surface area contributed by atoms with Crippen molar-refractivity contribution in [1.82, 2.24) is 9.88 Å². The summed E-state index contributed by atoms with van der Waals surface area (Å²) in [4.78, 5) is 17.5. The van der Waals surface area contributed by atoms with Crippen molar-refractivity contribution in [2.75, 3.05) is 0 Å². The molecule has 0 aliphatic carbocycles. The zero-order valence-electron chi connectivity index (χ0n) is 15.8. The highest BCUT2D eigenvalue weighted by molar-refractivity contribution is 8.18. The van der Waals surface area contributed by atoms with Gasteiger partial charge in [0.05, 0.1) is 10.6 Å². The van der Waals surface area contributed by atoms with Crippen molar-refractivity contribution in [1.29, 1.82) is 0 Å². The van der Waals surface area contributed by atoms with Crippen LogP contribution < -0.4 is 5.32 Å². The number of thioether (sulfide) groups is 1. The molecular formula is C23H21N3OS. The number of aliphatic imine (C=N–C) groups is 1. The summed E-state index contributed by atoms with van der Waals surface area (Å²) in [5.41, 5.74) is 5.32. The molecule has 28 heavy (non-hydrogen) atoms. The molecule has 5 heteroatoms. The Morgan fingerprint density at radius 3 is 2.57 bits per heavy atom. The van der Waals surface area contributed by atoms with Crippen molar-refractivity contribution in [2.24, 2.45) is 4.99 Å². The Bertz CT molecular complexity index is 1060. The van der Waals surface area contributed by atoms with E-state index in [9.17, 15) is 4.79 Å². The molecule has 0 radical (unpaired) electrons. The maximum Gasteiger partial charge on any atom is 0.264 e. The van der Waals surface area contributed by atoms with Gasteiger partial charge in [0.15, 0.2) is 5.17 Å². The fourth-order valence-corrected chi connectivity index (χ4v) is 3.94. The molecule has 1 saturated heterocycles. The molecule has 0 atom stereocenters. The number of para-hydroxylation sites is 1. The minimum Gasteiger partial charge on any atom is -0.321 e. The number of amidine groups is 1. The van der Waals surface area contributed by atoms with E-state index in [0.717, 1.165) is 29.1 Å². The average Bonchev–Trinajstić information content (AvgIpc) is 3.25. The normalized spacial score (nSPS) is 16.7. The smallest absolute Gasteiger partial charge is 0.264 e. The van der Waals surface area contributed by atoms with E-state index in [-0.39, 0.29) is 5.91 Å². The van der Waals surface area contributed by atoms with Gasteiger partial charge in [0.1, 0.15) is 0 Å². The highest BCUT2D eigenvalue weighted by Gasteiger charge is 2.24. The minimum atomic E-state index is -0.112. The summed E-state index contributed by atoms with van der Waals surface area (Å²) < 4.78 is 2.12. The number of rotatable bonds is 4. The first-order chi connectivity index (χ1) is 13.6. The topological polar surface area (TPSA) is 46.4 Å². The summed E-state index contributed by atoms with van der Waals surface area (Å²) in [5, 5.41) is 3.46. The van der Waals surface area contributed by atoms with Crippen LogP contribution in [0.5, 0.6) is 0 Å². The molecule has 1 N–H and O–H groups in total. The molecule has 2 aromatic carbocycles. The van der Waals surface area contributed by atoms with Crippen LogP contribution in [-0.4, -0.2) is 15.6 Å². The SMILES string of the molecule is CCc1ccc(N=C2NC(=O)/C(=C\c3cc(C)n(-c4ccccc4)c3)S2)cc1. The predicted octanol–water partition coefficient (Wildman–Crippen LogP) is 5.24. The number of aryl methyl sites for hydroxylation is 2. The Morgan fingerprint density at radius 1 is 1.11 bits per heavy atom. The molecule has 1 amide bonds. The molecule has 1 aliphatic rings. The first-order valence-corrected chi connectivity index (χ1v) is 10.1. The van der Waals surface area contributed by atoms with Gasteiger partial charge in [-0.2, -0.15) is 0 Å². The van der Waals surface area contributed by atoms with Crippen LogP contribution in [0.1, 0.15) is 23.7 Å². The lowest BCUT2D eigenvalue weighted by molar-refractivity contribution is -0.115. The molecule has 0 unspecified atom stereocenters. The number of hydrogen-bond donors (Lipinski definition) is 1. The first-order valence-electron chi connectivity index (χ1n) is 9.25. The molecule has 4 rings (SSSR count). The van der Waals surface area contributed by atoms with Crippen LogP contribution >= 0.6 is 11.8 Å². The summed E-state index contributed by atoms with van der Waals surface area (Å²) in [5.74, 6) is -0.112. The van der Waals surface area contributed by atoms with Crippen LogP contribution in [0.15, 0.2) is 76.8 Å². The monoisotopic (exact) mass is 387 g/mol. The molecule has 4 nitrogen and oxygen atoms in total. The van der Waals surface area contributed by atoms with Crippen LogP contribution in [0.4, 0.5) is 5.69 Å². The molecule has 3 aromatic rings. The lowest BCUT2D eigenvalue weighted by Crippen LogP contribution is -2.19. The molecule has 0 bridgehead atoms. The Hall–Kier alpha value is -3.05. The van der Waals surface area contributed by atoms with Crippen molar-refractivity contribution in [2.45, 2.75) is 20.3 Å². The summed E-state index contributed by atoms with van der Waals surface area (Å²) in [6.07, 6.45) is 4.95. The van der Waals surface area contributed by atoms with Crippen LogP contribution in [-0.2, 0) is 11.2 Å². The van der Waals surface area contributed by atoms with E-state index in [2.05, 4.69) is 59.1 Å². The Labute approximate surface area is 169 Å². The molecule has 1 fully saturated rings. The van der Waals surface area contributed by atoms with Gasteiger partial charge in [-0.1, -0.05) is 37.3 Å². The van der Waals surface area contributed by atoms with Gasteiger partial charge >= 0.3 is 0 Å². The van der Waals surface area contributed by atoms with E-state index in [4.69, 9.17) is 0 Å². The van der Waals surface area contributed by atoms with E-state index in [1.54, 1.807) is 0 Å². The van der Waals surface area contributed by atoms with Crippen molar-refractivity contribution >= 4 is 34.6 Å². The number of amides is 1. The third-order valence-electron chi connectivity index (χ3n) is 4.59. The van der Waals surface area contributed by atoms with Gasteiger partial charge in [-0.3, -0.25) is 4.79 Å². The maximum atomic E-state index is 12.4. The fourth-order valence-electron chi connectivity index (χ4n) is 3.10. The number of aromatic nitrogens is 1. The highest BCUT2D eigenvalue weighted by atomic mass is 32.2. The van der Waals surface area contributed by atoms with Gasteiger partial charge in [0.2, 0.25) is 0 Å². The number of benzene rings is 2. The van der Waals surface area contributed by atoms with E-state index in [1.165, 1.54) is 17.3 Å². The molecule has 1 aromatic heterocycles. The average molecular weight is 388 g/mol. The van der Waals surface area contributed by atoms with Crippen LogP contribution in [0.3, 0.4) is 0 Å². The van der Waals surface area contributed by atoms with Crippen molar-refractivity contribution in [3.63, 3.8) is 0 Å². The highest BCUT2D eigenvalue weighted by Crippen LogP contribution is 2.29. The zero-order valence-corrected chi connectivity index (χ0v) is 16.7. The minimum absolute atomic E-state index is 0.112. The molecule has 0 saturated carbocycles. The van der Waals surface area contributed by atoms with Crippen molar-refractivity contribution in [3.05, 3.63) is 88.6 Å². The van der Waals surface area contributed by atoms with Crippen molar-refractivity contribution < 1.29 is 4.79 Å². The van der Waals surface area contributed by atoms with E-state index in [1.807, 2.05) is 42.6 Å². The van der Waals surface area contributed by atoms with Crippen molar-refractivity contribution in [3.8, 4) is 5.69 Å². The molecule has 0 spiro atoms. The molecule has 1 aliphatic heterocycles. The van der Waals surface area contributed by atoms with E-state index in [0.29, 0.717) is 10.1 Å². The van der Waals surface area contributed by atoms with Crippen LogP contribution in [0, 0.1) is 6.92 Å². The number of carbonyl (C=O) groups excluding carboxylic acids is 1. The quantitative estimate of drug-likeness (QED) is 0.622. The lowest BCUT2D eigenvalue weighted by atomic mass is 10.2. The zero-order chi connectivity index (χ0) is 19.5. The maximum absolute atomic E-state index is 12.4. The van der Waals surface area contributed by atoms with Gasteiger partial charge in [0, 0.05) is 17.6 Å². The van der Waals surface area contributed by atoms with Gasteiger partial charge in [0.25, 0.3) is 5.91 Å². The number of nitrogens with zero attached hydrogens (tertiary/aromatic N) is 2. The fraction of sp³-hybridized carbons (Fsp3) is 0.130. The molecule has 2 heterocycles. The Balaban J connectivity index is 1.56. The second-order valence-corrected chi connectivity index (χ2v) is 7.65. The largest absolute Gasteiger partial charge is 0.321 e. The van der Waals surface area contributed by atoms with Gasteiger partial charge < -0.3 is 9.88 Å². The van der Waals surface area contributed by atoms with Gasteiger partial charge in [-0.15, -0.1) is 0 Å². The Kier molecular flexibility index (Phi) is 5.17. The van der Waals surface area contributed by atoms with Gasteiger partial charge in [-0.25, -0.2) is 4.99 Å². The van der Waals surface area contributed by atoms with E-state index < -0.39 is 0 Å². The summed E-state index contributed by atoms with van der Waals surface area (Å²) in [6.45, 7) is 4.18. The first kappa shape index (κ1) is 18.3. The third-order valence-corrected chi connectivity index (χ3v) is 5.50. The summed E-state index contributed by atoms with van der Waals surface area (Å²) in [7, 11) is 0. The van der Waals surface area contributed by atoms with Crippen LogP contribution in [0.2, 0.25) is 0 Å². The van der Waals surface area contributed by atoms with Crippen LogP contribution in [0.25, 0.3) is 11.8 Å². The molecular weight excluding hydrogens is 366 g/mol.